The van der Waals surface area contributed by atoms with Gasteiger partial charge in [-0.15, -0.1) is 0 Å². The molecule has 0 radical (unpaired) electrons. The average molecular weight is 245 g/mol. The Labute approximate surface area is 107 Å². The van der Waals surface area contributed by atoms with Crippen molar-refractivity contribution in [1.82, 2.24) is 9.78 Å². The first-order valence-electron chi connectivity index (χ1n) is 5.93. The summed E-state index contributed by atoms with van der Waals surface area (Å²) in [4.78, 5) is 0. The van der Waals surface area contributed by atoms with Crippen LogP contribution in [0.25, 0.3) is 11.3 Å². The Hall–Kier alpha value is -1.97. The average Bonchev–Trinajstić information content (AvgIpc) is 2.55. The van der Waals surface area contributed by atoms with Crippen LogP contribution in [-0.4, -0.2) is 14.9 Å². The predicted molar refractivity (Wildman–Crippen MR) is 73.7 cm³/mol. The first kappa shape index (κ1) is 12.5. The van der Waals surface area contributed by atoms with Crippen LogP contribution in [0, 0.1) is 27.7 Å². The van der Waals surface area contributed by atoms with E-state index in [1.807, 2.05) is 45.5 Å². The summed E-state index contributed by atoms with van der Waals surface area (Å²) in [5.74, 6) is 0.133. The van der Waals surface area contributed by atoms with Crippen LogP contribution >= 0.6 is 0 Å². The van der Waals surface area contributed by atoms with E-state index in [4.69, 9.17) is 5.73 Å². The van der Waals surface area contributed by atoms with Crippen molar-refractivity contribution in [3.8, 4) is 17.0 Å². The van der Waals surface area contributed by atoms with Gasteiger partial charge in [0.2, 0.25) is 0 Å². The second kappa shape index (κ2) is 4.05. The number of hydrogen-bond donors (Lipinski definition) is 2. The van der Waals surface area contributed by atoms with E-state index >= 15 is 0 Å². The highest BCUT2D eigenvalue weighted by Crippen LogP contribution is 2.39. The summed E-state index contributed by atoms with van der Waals surface area (Å²) in [5, 5.41) is 14.7. The third kappa shape index (κ3) is 1.65. The first-order valence-corrected chi connectivity index (χ1v) is 5.93. The number of hydrogen-bond acceptors (Lipinski definition) is 3. The van der Waals surface area contributed by atoms with Gasteiger partial charge in [0.1, 0.15) is 5.75 Å². The van der Waals surface area contributed by atoms with Crippen molar-refractivity contribution in [3.05, 3.63) is 28.5 Å². The highest BCUT2D eigenvalue weighted by molar-refractivity contribution is 5.81. The fourth-order valence-corrected chi connectivity index (χ4v) is 2.23. The van der Waals surface area contributed by atoms with E-state index in [2.05, 4.69) is 5.10 Å². The Morgan fingerprint density at radius 1 is 1.17 bits per heavy atom. The minimum absolute atomic E-state index is 0.133. The standard InChI is InChI=1S/C14H19N3O/c1-7-6-8(2)12(15)14(18)11(7)13-9(3)10(4)17(5)16-13/h6,18H,15H2,1-5H3. The Balaban J connectivity index is 2.79. The van der Waals surface area contributed by atoms with Gasteiger partial charge in [-0.3, -0.25) is 4.68 Å². The van der Waals surface area contributed by atoms with E-state index in [-0.39, 0.29) is 5.75 Å². The summed E-state index contributed by atoms with van der Waals surface area (Å²) in [5.41, 5.74) is 11.9. The molecule has 0 bridgehead atoms. The highest BCUT2D eigenvalue weighted by atomic mass is 16.3. The number of aryl methyl sites for hydroxylation is 3. The molecule has 1 heterocycles. The molecular formula is C14H19N3O. The van der Waals surface area contributed by atoms with E-state index in [9.17, 15) is 5.11 Å². The lowest BCUT2D eigenvalue weighted by Crippen LogP contribution is -1.97. The number of benzene rings is 1. The molecule has 0 aliphatic carbocycles. The van der Waals surface area contributed by atoms with E-state index in [0.29, 0.717) is 5.69 Å². The lowest BCUT2D eigenvalue weighted by atomic mass is 9.97. The molecule has 0 atom stereocenters. The van der Waals surface area contributed by atoms with Crippen molar-refractivity contribution in [2.24, 2.45) is 7.05 Å². The van der Waals surface area contributed by atoms with E-state index < -0.39 is 0 Å². The number of aromatic hydroxyl groups is 1. The van der Waals surface area contributed by atoms with Crippen molar-refractivity contribution in [1.29, 1.82) is 0 Å². The number of aromatic nitrogens is 2. The SMILES string of the molecule is Cc1cc(C)c(-c2nn(C)c(C)c2C)c(O)c1N. The lowest BCUT2D eigenvalue weighted by molar-refractivity contribution is 0.479. The highest BCUT2D eigenvalue weighted by Gasteiger charge is 2.19. The van der Waals surface area contributed by atoms with Crippen LogP contribution in [-0.2, 0) is 7.05 Å². The molecule has 1 aromatic carbocycles. The molecule has 3 N–H and O–H groups in total. The molecule has 0 saturated heterocycles. The number of nitrogen functional groups attached to an aromatic ring is 1. The fraction of sp³-hybridized carbons (Fsp3) is 0.357. The normalized spacial score (nSPS) is 10.9. The van der Waals surface area contributed by atoms with Crippen LogP contribution in [0.2, 0.25) is 0 Å². The van der Waals surface area contributed by atoms with E-state index in [0.717, 1.165) is 33.6 Å². The summed E-state index contributed by atoms with van der Waals surface area (Å²) < 4.78 is 1.82. The summed E-state index contributed by atoms with van der Waals surface area (Å²) in [7, 11) is 1.90. The zero-order valence-corrected chi connectivity index (χ0v) is 11.5. The molecular weight excluding hydrogens is 226 g/mol. The third-order valence-corrected chi connectivity index (χ3v) is 3.61. The Bertz CT molecular complexity index is 627. The summed E-state index contributed by atoms with van der Waals surface area (Å²) in [6.07, 6.45) is 0. The van der Waals surface area contributed by atoms with Crippen molar-refractivity contribution < 1.29 is 5.11 Å². The molecule has 4 heteroatoms. The molecule has 0 unspecified atom stereocenters. The molecule has 0 aliphatic rings. The van der Waals surface area contributed by atoms with Crippen LogP contribution in [0.15, 0.2) is 6.07 Å². The van der Waals surface area contributed by atoms with Gasteiger partial charge in [-0.1, -0.05) is 6.07 Å². The summed E-state index contributed by atoms with van der Waals surface area (Å²) in [6.45, 7) is 7.87. The van der Waals surface area contributed by atoms with Gasteiger partial charge >= 0.3 is 0 Å². The van der Waals surface area contributed by atoms with Gasteiger partial charge in [-0.25, -0.2) is 0 Å². The van der Waals surface area contributed by atoms with Crippen LogP contribution in [0.4, 0.5) is 5.69 Å². The summed E-state index contributed by atoms with van der Waals surface area (Å²) >= 11 is 0. The van der Waals surface area contributed by atoms with Crippen molar-refractivity contribution >= 4 is 5.69 Å². The second-order valence-corrected chi connectivity index (χ2v) is 4.83. The van der Waals surface area contributed by atoms with Gasteiger partial charge in [-0.05, 0) is 44.4 Å². The topological polar surface area (TPSA) is 64.1 Å². The van der Waals surface area contributed by atoms with E-state index in [1.54, 1.807) is 0 Å². The zero-order valence-electron chi connectivity index (χ0n) is 11.5. The van der Waals surface area contributed by atoms with Crippen molar-refractivity contribution in [2.45, 2.75) is 27.7 Å². The number of phenolic OH excluding ortho intramolecular Hbond substituents is 1. The smallest absolute Gasteiger partial charge is 0.148 e. The number of nitrogens with two attached hydrogens (primary N) is 1. The van der Waals surface area contributed by atoms with Gasteiger partial charge < -0.3 is 10.8 Å². The molecule has 0 saturated carbocycles. The summed E-state index contributed by atoms with van der Waals surface area (Å²) in [6, 6.07) is 1.98. The number of anilines is 1. The van der Waals surface area contributed by atoms with Crippen LogP contribution in [0.3, 0.4) is 0 Å². The Morgan fingerprint density at radius 3 is 2.28 bits per heavy atom. The third-order valence-electron chi connectivity index (χ3n) is 3.61. The largest absolute Gasteiger partial charge is 0.505 e. The van der Waals surface area contributed by atoms with Crippen molar-refractivity contribution in [3.63, 3.8) is 0 Å². The van der Waals surface area contributed by atoms with Gasteiger partial charge in [0, 0.05) is 18.3 Å². The predicted octanol–water partition coefficient (Wildman–Crippen LogP) is 2.61. The van der Waals surface area contributed by atoms with Crippen LogP contribution < -0.4 is 5.73 Å². The van der Waals surface area contributed by atoms with Gasteiger partial charge in [0.25, 0.3) is 0 Å². The number of rotatable bonds is 1. The molecule has 0 fully saturated rings. The molecule has 2 rings (SSSR count). The molecule has 1 aromatic heterocycles. The van der Waals surface area contributed by atoms with Crippen LogP contribution in [0.1, 0.15) is 22.4 Å². The molecule has 2 aromatic rings. The zero-order chi connectivity index (χ0) is 13.6. The number of nitrogens with zero attached hydrogens (tertiary/aromatic N) is 2. The maximum absolute atomic E-state index is 10.3. The Kier molecular flexibility index (Phi) is 2.81. The van der Waals surface area contributed by atoms with E-state index in [1.165, 1.54) is 0 Å². The lowest BCUT2D eigenvalue weighted by Gasteiger charge is -2.12. The monoisotopic (exact) mass is 245 g/mol. The molecule has 4 nitrogen and oxygen atoms in total. The molecule has 0 aliphatic heterocycles. The minimum Gasteiger partial charge on any atom is -0.505 e. The second-order valence-electron chi connectivity index (χ2n) is 4.83. The van der Waals surface area contributed by atoms with Gasteiger partial charge in [0.15, 0.2) is 0 Å². The van der Waals surface area contributed by atoms with Gasteiger partial charge in [0.05, 0.1) is 11.4 Å². The van der Waals surface area contributed by atoms with Crippen molar-refractivity contribution in [2.75, 3.05) is 5.73 Å². The molecule has 0 spiro atoms. The quantitative estimate of drug-likeness (QED) is 0.599. The first-order chi connectivity index (χ1) is 8.34. The minimum atomic E-state index is 0.133. The van der Waals surface area contributed by atoms with Gasteiger partial charge in [-0.2, -0.15) is 5.10 Å². The maximum atomic E-state index is 10.3. The van der Waals surface area contributed by atoms with Crippen LogP contribution in [0.5, 0.6) is 5.75 Å². The number of phenols is 1. The Morgan fingerprint density at radius 2 is 1.78 bits per heavy atom. The molecule has 0 amide bonds. The fourth-order valence-electron chi connectivity index (χ4n) is 2.23. The maximum Gasteiger partial charge on any atom is 0.148 e. The molecule has 96 valence electrons. The molecule has 18 heavy (non-hydrogen) atoms.